The minimum absolute atomic E-state index is 0.0499. The van der Waals surface area contributed by atoms with Crippen molar-refractivity contribution in [3.63, 3.8) is 0 Å². The summed E-state index contributed by atoms with van der Waals surface area (Å²) in [4.78, 5) is 11.2. The smallest absolute Gasteiger partial charge is 0.123 e. The highest BCUT2D eigenvalue weighted by molar-refractivity contribution is 5.57. The molecule has 1 heterocycles. The van der Waals surface area contributed by atoms with E-state index in [0.29, 0.717) is 0 Å². The van der Waals surface area contributed by atoms with Crippen LogP contribution in [0.3, 0.4) is 0 Å². The maximum Gasteiger partial charge on any atom is 0.123 e. The highest BCUT2D eigenvalue weighted by Crippen LogP contribution is 2.39. The van der Waals surface area contributed by atoms with Crippen LogP contribution in [0.2, 0.25) is 0 Å². The lowest BCUT2D eigenvalue weighted by Gasteiger charge is -2.41. The first-order chi connectivity index (χ1) is 7.79. The number of aldehydes is 1. The van der Waals surface area contributed by atoms with E-state index in [0.717, 1.165) is 32.2 Å². The molecule has 1 fully saturated rings. The van der Waals surface area contributed by atoms with Crippen LogP contribution in [0.4, 0.5) is 0 Å². The molecule has 2 nitrogen and oxygen atoms in total. The fraction of sp³-hybridized carbons (Fsp3) is 0.500. The van der Waals surface area contributed by atoms with Crippen LogP contribution >= 0.6 is 0 Å². The van der Waals surface area contributed by atoms with Crippen molar-refractivity contribution in [2.24, 2.45) is 5.92 Å². The molecule has 0 saturated carbocycles. The third-order valence-corrected chi connectivity index (χ3v) is 3.92. The van der Waals surface area contributed by atoms with E-state index in [9.17, 15) is 4.79 Å². The van der Waals surface area contributed by atoms with Crippen LogP contribution in [0.15, 0.2) is 30.3 Å². The third-order valence-electron chi connectivity index (χ3n) is 3.92. The lowest BCUT2D eigenvalue weighted by atomic mass is 9.66. The molecule has 1 atom stereocenters. The molecular weight excluding hydrogens is 198 g/mol. The summed E-state index contributed by atoms with van der Waals surface area (Å²) >= 11 is 0. The molecule has 0 radical (unpaired) electrons. The Hall–Kier alpha value is -1.15. The van der Waals surface area contributed by atoms with Crippen LogP contribution < -0.4 is 5.32 Å². The molecule has 0 aromatic heterocycles. The first-order valence-corrected chi connectivity index (χ1v) is 6.01. The number of hydrogen-bond acceptors (Lipinski definition) is 2. The standard InChI is InChI=1S/C14H19NO/c1-12(11-16)14(7-9-15-10-8-14)13-5-3-2-4-6-13/h2-6,11-12,15H,7-10H2,1H3. The fourth-order valence-corrected chi connectivity index (χ4v) is 2.78. The van der Waals surface area contributed by atoms with Gasteiger partial charge in [0.05, 0.1) is 0 Å². The van der Waals surface area contributed by atoms with Gasteiger partial charge in [-0.05, 0) is 31.5 Å². The fourth-order valence-electron chi connectivity index (χ4n) is 2.78. The first-order valence-electron chi connectivity index (χ1n) is 6.01. The van der Waals surface area contributed by atoms with Crippen molar-refractivity contribution in [2.75, 3.05) is 13.1 Å². The molecule has 0 amide bonds. The monoisotopic (exact) mass is 217 g/mol. The van der Waals surface area contributed by atoms with Crippen LogP contribution in [0.25, 0.3) is 0 Å². The highest BCUT2D eigenvalue weighted by Gasteiger charge is 2.38. The maximum atomic E-state index is 11.2. The van der Waals surface area contributed by atoms with E-state index >= 15 is 0 Å². The Balaban J connectivity index is 2.37. The molecule has 1 aliphatic heterocycles. The van der Waals surface area contributed by atoms with Gasteiger partial charge < -0.3 is 10.1 Å². The predicted molar refractivity (Wildman–Crippen MR) is 65.5 cm³/mol. The van der Waals surface area contributed by atoms with Crippen molar-refractivity contribution in [1.82, 2.24) is 5.32 Å². The largest absolute Gasteiger partial charge is 0.317 e. The van der Waals surface area contributed by atoms with Crippen LogP contribution in [-0.4, -0.2) is 19.4 Å². The van der Waals surface area contributed by atoms with Gasteiger partial charge in [-0.3, -0.25) is 0 Å². The van der Waals surface area contributed by atoms with Crippen molar-refractivity contribution in [2.45, 2.75) is 25.2 Å². The number of benzene rings is 1. The highest BCUT2D eigenvalue weighted by atomic mass is 16.1. The third kappa shape index (κ3) is 1.90. The lowest BCUT2D eigenvalue weighted by molar-refractivity contribution is -0.113. The molecule has 2 rings (SSSR count). The van der Waals surface area contributed by atoms with Crippen LogP contribution in [0.5, 0.6) is 0 Å². The molecule has 16 heavy (non-hydrogen) atoms. The average Bonchev–Trinajstić information content (AvgIpc) is 2.39. The van der Waals surface area contributed by atoms with Crippen molar-refractivity contribution in [3.05, 3.63) is 35.9 Å². The minimum Gasteiger partial charge on any atom is -0.317 e. The zero-order valence-corrected chi connectivity index (χ0v) is 9.78. The summed E-state index contributed by atoms with van der Waals surface area (Å²) in [6.07, 6.45) is 3.21. The Bertz CT molecular complexity index is 341. The van der Waals surface area contributed by atoms with Crippen molar-refractivity contribution in [1.29, 1.82) is 0 Å². The summed E-state index contributed by atoms with van der Waals surface area (Å²) < 4.78 is 0. The summed E-state index contributed by atoms with van der Waals surface area (Å²) in [6, 6.07) is 10.5. The Morgan fingerprint density at radius 1 is 1.25 bits per heavy atom. The van der Waals surface area contributed by atoms with Gasteiger partial charge in [-0.1, -0.05) is 37.3 Å². The summed E-state index contributed by atoms with van der Waals surface area (Å²) in [5.74, 6) is 0.0944. The number of rotatable bonds is 3. The summed E-state index contributed by atoms with van der Waals surface area (Å²) in [5.41, 5.74) is 1.37. The molecule has 1 saturated heterocycles. The molecule has 1 aromatic rings. The molecule has 2 heteroatoms. The summed E-state index contributed by atoms with van der Waals surface area (Å²) in [5, 5.41) is 3.37. The number of hydrogen-bond donors (Lipinski definition) is 1. The number of piperidine rings is 1. The first kappa shape index (κ1) is 11.3. The van der Waals surface area contributed by atoms with Gasteiger partial charge >= 0.3 is 0 Å². The van der Waals surface area contributed by atoms with E-state index in [4.69, 9.17) is 0 Å². The Morgan fingerprint density at radius 3 is 2.44 bits per heavy atom. The normalized spacial score (nSPS) is 21.3. The van der Waals surface area contributed by atoms with Gasteiger partial charge in [0.1, 0.15) is 6.29 Å². The zero-order chi connectivity index (χ0) is 11.4. The molecule has 86 valence electrons. The second kappa shape index (κ2) is 4.79. The summed E-state index contributed by atoms with van der Waals surface area (Å²) in [7, 11) is 0. The summed E-state index contributed by atoms with van der Waals surface area (Å²) in [6.45, 7) is 4.06. The van der Waals surface area contributed by atoms with E-state index in [-0.39, 0.29) is 11.3 Å². The molecule has 0 spiro atoms. The SMILES string of the molecule is CC(C=O)C1(c2ccccc2)CCNCC1. The van der Waals surface area contributed by atoms with Gasteiger partial charge in [0.15, 0.2) is 0 Å². The van der Waals surface area contributed by atoms with Gasteiger partial charge in [0.25, 0.3) is 0 Å². The Morgan fingerprint density at radius 2 is 1.88 bits per heavy atom. The van der Waals surface area contributed by atoms with Gasteiger partial charge in [0.2, 0.25) is 0 Å². The van der Waals surface area contributed by atoms with Crippen molar-refractivity contribution in [3.8, 4) is 0 Å². The average molecular weight is 217 g/mol. The second-order valence-electron chi connectivity index (χ2n) is 4.70. The van der Waals surface area contributed by atoms with Crippen molar-refractivity contribution >= 4 is 6.29 Å². The van der Waals surface area contributed by atoms with E-state index in [1.54, 1.807) is 0 Å². The lowest BCUT2D eigenvalue weighted by Crippen LogP contribution is -2.44. The molecule has 1 aromatic carbocycles. The van der Waals surface area contributed by atoms with Gasteiger partial charge in [0, 0.05) is 11.3 Å². The number of nitrogens with one attached hydrogen (secondary N) is 1. The molecule has 1 aliphatic rings. The molecular formula is C14H19NO. The Kier molecular flexibility index (Phi) is 3.39. The van der Waals surface area contributed by atoms with Crippen molar-refractivity contribution < 1.29 is 4.79 Å². The van der Waals surface area contributed by atoms with Gasteiger partial charge in [-0.2, -0.15) is 0 Å². The van der Waals surface area contributed by atoms with E-state index in [2.05, 4.69) is 29.6 Å². The van der Waals surface area contributed by atoms with Crippen LogP contribution in [-0.2, 0) is 10.2 Å². The zero-order valence-electron chi connectivity index (χ0n) is 9.78. The number of carbonyl (C=O) groups excluding carboxylic acids is 1. The van der Waals surface area contributed by atoms with Gasteiger partial charge in [-0.25, -0.2) is 0 Å². The molecule has 0 bridgehead atoms. The molecule has 0 aliphatic carbocycles. The van der Waals surface area contributed by atoms with E-state index in [1.807, 2.05) is 13.0 Å². The predicted octanol–water partition coefficient (Wildman–Crippen LogP) is 2.14. The maximum absolute atomic E-state index is 11.2. The quantitative estimate of drug-likeness (QED) is 0.786. The van der Waals surface area contributed by atoms with Crippen LogP contribution in [0, 0.1) is 5.92 Å². The molecule has 1 unspecified atom stereocenters. The Labute approximate surface area is 97.1 Å². The topological polar surface area (TPSA) is 29.1 Å². The van der Waals surface area contributed by atoms with Gasteiger partial charge in [-0.15, -0.1) is 0 Å². The molecule has 1 N–H and O–H groups in total. The van der Waals surface area contributed by atoms with Crippen LogP contribution in [0.1, 0.15) is 25.3 Å². The number of carbonyl (C=O) groups is 1. The second-order valence-corrected chi connectivity index (χ2v) is 4.70. The minimum atomic E-state index is 0.0499. The van der Waals surface area contributed by atoms with E-state index in [1.165, 1.54) is 5.56 Å². The van der Waals surface area contributed by atoms with E-state index < -0.39 is 0 Å².